The average molecular weight is 403 g/mol. The van der Waals surface area contributed by atoms with Gasteiger partial charge in [-0.05, 0) is 36.2 Å². The maximum Gasteiger partial charge on any atom is 0.214 e. The van der Waals surface area contributed by atoms with Crippen molar-refractivity contribution in [2.24, 2.45) is 0 Å². The summed E-state index contributed by atoms with van der Waals surface area (Å²) in [6.45, 7) is 2.35. The first-order valence-electron chi connectivity index (χ1n) is 8.04. The summed E-state index contributed by atoms with van der Waals surface area (Å²) in [5.74, 6) is 1.02. The second kappa shape index (κ2) is 8.33. The summed E-state index contributed by atoms with van der Waals surface area (Å²) in [6.07, 6.45) is 2.92. The topological polar surface area (TPSA) is 77.0 Å². The van der Waals surface area contributed by atoms with Crippen LogP contribution in [0, 0.1) is 6.92 Å². The van der Waals surface area contributed by atoms with E-state index in [4.69, 9.17) is 27.9 Å². The van der Waals surface area contributed by atoms with E-state index in [1.54, 1.807) is 26.3 Å². The van der Waals surface area contributed by atoms with Crippen LogP contribution in [-0.2, 0) is 6.54 Å². The highest BCUT2D eigenvalue weighted by Gasteiger charge is 2.19. The van der Waals surface area contributed by atoms with Gasteiger partial charge in [-0.2, -0.15) is 0 Å². The number of hydrogen-bond acceptors (Lipinski definition) is 6. The van der Waals surface area contributed by atoms with Gasteiger partial charge in [0.25, 0.3) is 0 Å². The summed E-state index contributed by atoms with van der Waals surface area (Å²) < 4.78 is 5.15. The molecule has 0 saturated carbocycles. The molecule has 3 aromatic rings. The summed E-state index contributed by atoms with van der Waals surface area (Å²) in [7, 11) is 1.62. The fraction of sp³-hybridized carbons (Fsp3) is 0.158. The van der Waals surface area contributed by atoms with E-state index in [1.807, 2.05) is 24.3 Å². The molecule has 0 atom stereocenters. The normalized spacial score (nSPS) is 10.5. The highest BCUT2D eigenvalue weighted by atomic mass is 35.5. The Labute approximate surface area is 166 Å². The van der Waals surface area contributed by atoms with Crippen molar-refractivity contribution in [3.63, 3.8) is 0 Å². The van der Waals surface area contributed by atoms with Gasteiger partial charge in [0.15, 0.2) is 5.15 Å². The number of aryl methyl sites for hydroxylation is 1. The largest absolute Gasteiger partial charge is 0.497 e. The lowest BCUT2D eigenvalue weighted by Crippen LogP contribution is -2.10. The van der Waals surface area contributed by atoms with Crippen molar-refractivity contribution in [3.8, 4) is 5.75 Å². The molecule has 3 rings (SSSR count). The number of pyridine rings is 1. The number of hydrogen-bond donors (Lipinski definition) is 1. The van der Waals surface area contributed by atoms with E-state index in [-0.39, 0.29) is 21.8 Å². The third-order valence-corrected chi connectivity index (χ3v) is 4.34. The summed E-state index contributed by atoms with van der Waals surface area (Å²) in [5.41, 5.74) is 2.26. The van der Waals surface area contributed by atoms with Gasteiger partial charge in [0.05, 0.1) is 13.3 Å². The second-order valence-corrected chi connectivity index (χ2v) is 6.49. The van der Waals surface area contributed by atoms with Crippen molar-refractivity contribution in [1.82, 2.24) is 15.0 Å². The minimum Gasteiger partial charge on any atom is -0.497 e. The van der Waals surface area contributed by atoms with E-state index in [0.717, 1.165) is 11.3 Å². The van der Waals surface area contributed by atoms with Gasteiger partial charge < -0.3 is 10.1 Å². The fourth-order valence-corrected chi connectivity index (χ4v) is 2.83. The van der Waals surface area contributed by atoms with Crippen molar-refractivity contribution >= 4 is 34.8 Å². The molecule has 0 spiro atoms. The van der Waals surface area contributed by atoms with E-state index in [2.05, 4.69) is 20.3 Å². The number of ether oxygens (including phenoxy) is 1. The Morgan fingerprint density at radius 3 is 2.56 bits per heavy atom. The Morgan fingerprint density at radius 1 is 1.15 bits per heavy atom. The molecule has 0 aliphatic rings. The summed E-state index contributed by atoms with van der Waals surface area (Å²) in [5, 5.41) is 3.30. The number of methoxy groups -OCH3 is 1. The lowest BCUT2D eigenvalue weighted by atomic mass is 10.0. The van der Waals surface area contributed by atoms with Crippen LogP contribution in [0.2, 0.25) is 10.3 Å². The van der Waals surface area contributed by atoms with Gasteiger partial charge in [-0.25, -0.2) is 15.0 Å². The summed E-state index contributed by atoms with van der Waals surface area (Å²) >= 11 is 11.8. The first-order chi connectivity index (χ1) is 13.0. The molecule has 2 aromatic heterocycles. The van der Waals surface area contributed by atoms with Crippen molar-refractivity contribution < 1.29 is 9.53 Å². The molecule has 1 aromatic carbocycles. The number of carbonyl (C=O) groups excluding carboxylic acids is 1. The molecule has 138 valence electrons. The fourth-order valence-electron chi connectivity index (χ4n) is 2.43. The predicted molar refractivity (Wildman–Crippen MR) is 105 cm³/mol. The Bertz CT molecular complexity index is 978. The first-order valence-corrected chi connectivity index (χ1v) is 8.79. The lowest BCUT2D eigenvalue weighted by Gasteiger charge is -2.10. The molecule has 0 fully saturated rings. The van der Waals surface area contributed by atoms with Crippen LogP contribution >= 0.6 is 23.2 Å². The second-order valence-electron chi connectivity index (χ2n) is 5.75. The van der Waals surface area contributed by atoms with Gasteiger partial charge >= 0.3 is 0 Å². The maximum absolute atomic E-state index is 12.8. The van der Waals surface area contributed by atoms with Crippen LogP contribution < -0.4 is 10.1 Å². The molecule has 0 aliphatic heterocycles. The Morgan fingerprint density at radius 2 is 1.89 bits per heavy atom. The van der Waals surface area contributed by atoms with Crippen LogP contribution in [0.1, 0.15) is 27.2 Å². The Hall–Kier alpha value is -2.70. The number of nitrogens with zero attached hydrogens (tertiary/aromatic N) is 3. The third kappa shape index (κ3) is 4.53. The Kier molecular flexibility index (Phi) is 5.88. The SMILES string of the molecule is COc1ccc(CNc2cc(C(=O)c3ncc(Cl)nc3Cl)c(C)cn2)cc1. The number of ketones is 1. The number of rotatable bonds is 6. The number of carbonyl (C=O) groups is 1. The monoisotopic (exact) mass is 402 g/mol. The number of benzene rings is 1. The summed E-state index contributed by atoms with van der Waals surface area (Å²) in [4.78, 5) is 25.0. The molecule has 27 heavy (non-hydrogen) atoms. The highest BCUT2D eigenvalue weighted by Crippen LogP contribution is 2.21. The molecule has 0 unspecified atom stereocenters. The summed E-state index contributed by atoms with van der Waals surface area (Å²) in [6, 6.07) is 9.35. The molecule has 1 N–H and O–H groups in total. The quantitative estimate of drug-likeness (QED) is 0.617. The van der Waals surface area contributed by atoms with Crippen LogP contribution in [0.4, 0.5) is 5.82 Å². The molecule has 0 saturated heterocycles. The van der Waals surface area contributed by atoms with Gasteiger partial charge in [0.1, 0.15) is 22.4 Å². The van der Waals surface area contributed by atoms with Gasteiger partial charge in [0.2, 0.25) is 5.78 Å². The number of aromatic nitrogens is 3. The van der Waals surface area contributed by atoms with Gasteiger partial charge in [-0.1, -0.05) is 35.3 Å². The zero-order chi connectivity index (χ0) is 19.4. The van der Waals surface area contributed by atoms with E-state index in [1.165, 1.54) is 6.20 Å². The molecule has 0 aliphatic carbocycles. The molecular weight excluding hydrogens is 387 g/mol. The molecule has 0 radical (unpaired) electrons. The van der Waals surface area contributed by atoms with E-state index in [0.29, 0.717) is 23.5 Å². The molecule has 2 heterocycles. The van der Waals surface area contributed by atoms with Crippen molar-refractivity contribution in [3.05, 3.63) is 75.4 Å². The van der Waals surface area contributed by atoms with E-state index >= 15 is 0 Å². The smallest absolute Gasteiger partial charge is 0.214 e. The van der Waals surface area contributed by atoms with E-state index < -0.39 is 0 Å². The zero-order valence-electron chi connectivity index (χ0n) is 14.7. The number of halogens is 2. The third-order valence-electron chi connectivity index (χ3n) is 3.90. The predicted octanol–water partition coefficient (Wildman–Crippen LogP) is 4.34. The van der Waals surface area contributed by atoms with Gasteiger partial charge in [-0.15, -0.1) is 0 Å². The molecule has 8 heteroatoms. The standard InChI is InChI=1S/C19H16Cl2N4O2/c1-11-8-22-16(23-9-12-3-5-13(27-2)6-4-12)7-14(11)18(26)17-19(21)25-15(20)10-24-17/h3-8,10H,9H2,1-2H3,(H,22,23). The average Bonchev–Trinajstić information content (AvgIpc) is 2.67. The minimum atomic E-state index is -0.337. The van der Waals surface area contributed by atoms with Crippen LogP contribution in [0.25, 0.3) is 0 Å². The molecular formula is C19H16Cl2N4O2. The Balaban J connectivity index is 1.80. The number of anilines is 1. The zero-order valence-corrected chi connectivity index (χ0v) is 16.2. The van der Waals surface area contributed by atoms with Crippen molar-refractivity contribution in [2.75, 3.05) is 12.4 Å². The van der Waals surface area contributed by atoms with E-state index in [9.17, 15) is 4.79 Å². The molecule has 0 amide bonds. The van der Waals surface area contributed by atoms with Crippen molar-refractivity contribution in [1.29, 1.82) is 0 Å². The van der Waals surface area contributed by atoms with Crippen LogP contribution in [0.15, 0.2) is 42.7 Å². The lowest BCUT2D eigenvalue weighted by molar-refractivity contribution is 0.103. The van der Waals surface area contributed by atoms with Crippen LogP contribution in [0.5, 0.6) is 5.75 Å². The van der Waals surface area contributed by atoms with Crippen LogP contribution in [0.3, 0.4) is 0 Å². The van der Waals surface area contributed by atoms with Crippen molar-refractivity contribution in [2.45, 2.75) is 13.5 Å². The minimum absolute atomic E-state index is 0.0311. The van der Waals surface area contributed by atoms with Crippen LogP contribution in [-0.4, -0.2) is 27.8 Å². The maximum atomic E-state index is 12.8. The molecule has 0 bridgehead atoms. The van der Waals surface area contributed by atoms with Gasteiger partial charge in [-0.3, -0.25) is 4.79 Å². The molecule has 6 nitrogen and oxygen atoms in total. The first kappa shape index (κ1) is 19.1. The highest BCUT2D eigenvalue weighted by molar-refractivity contribution is 6.35. The number of nitrogens with one attached hydrogen (secondary N) is 1. The van der Waals surface area contributed by atoms with Gasteiger partial charge in [0, 0.05) is 18.3 Å².